The molecule has 0 saturated carbocycles. The van der Waals surface area contributed by atoms with Crippen LogP contribution in [0.5, 0.6) is 0 Å². The van der Waals surface area contributed by atoms with Gasteiger partial charge in [0.05, 0.1) is 5.41 Å². The van der Waals surface area contributed by atoms with E-state index in [1.165, 1.54) is 0 Å². The van der Waals surface area contributed by atoms with Crippen LogP contribution in [0.15, 0.2) is 30.3 Å². The van der Waals surface area contributed by atoms with Crippen LogP contribution < -0.4 is 0 Å². The third-order valence-electron chi connectivity index (χ3n) is 5.90. The molecule has 0 spiro atoms. The van der Waals surface area contributed by atoms with E-state index < -0.39 is 5.41 Å². The lowest BCUT2D eigenvalue weighted by Crippen LogP contribution is -2.57. The summed E-state index contributed by atoms with van der Waals surface area (Å²) >= 11 is 0. The van der Waals surface area contributed by atoms with Gasteiger partial charge >= 0.3 is 0 Å². The molecule has 2 aliphatic rings. The van der Waals surface area contributed by atoms with Crippen molar-refractivity contribution in [1.82, 2.24) is 14.7 Å². The molecule has 0 atom stereocenters. The number of likely N-dealkylation sites (N-methyl/N-ethyl adjacent to an activating group) is 1. The van der Waals surface area contributed by atoms with Crippen LogP contribution >= 0.6 is 0 Å². The number of hydrogen-bond acceptors (Lipinski definition) is 3. The molecule has 2 heterocycles. The quantitative estimate of drug-likeness (QED) is 0.840. The van der Waals surface area contributed by atoms with Crippen molar-refractivity contribution in [2.45, 2.75) is 32.1 Å². The number of rotatable bonds is 3. The van der Waals surface area contributed by atoms with E-state index in [-0.39, 0.29) is 11.8 Å². The highest BCUT2D eigenvalue weighted by atomic mass is 16.2. The highest BCUT2D eigenvalue weighted by Crippen LogP contribution is 2.37. The number of carbonyl (C=O) groups excluding carboxylic acids is 2. The first kappa shape index (κ1) is 17.9. The van der Waals surface area contributed by atoms with E-state index in [1.54, 1.807) is 6.92 Å². The van der Waals surface area contributed by atoms with Gasteiger partial charge in [0.1, 0.15) is 0 Å². The maximum absolute atomic E-state index is 13.6. The average molecular weight is 343 g/mol. The predicted molar refractivity (Wildman–Crippen MR) is 98.3 cm³/mol. The van der Waals surface area contributed by atoms with Crippen molar-refractivity contribution < 1.29 is 9.59 Å². The van der Waals surface area contributed by atoms with Crippen LogP contribution in [0.4, 0.5) is 0 Å². The summed E-state index contributed by atoms with van der Waals surface area (Å²) < 4.78 is 0. The maximum atomic E-state index is 13.6. The van der Waals surface area contributed by atoms with Crippen molar-refractivity contribution in [3.63, 3.8) is 0 Å². The van der Waals surface area contributed by atoms with Gasteiger partial charge in [0, 0.05) is 46.2 Å². The van der Waals surface area contributed by atoms with Crippen LogP contribution in [0.1, 0.15) is 32.3 Å². The molecule has 1 aromatic carbocycles. The molecule has 0 bridgehead atoms. The number of nitrogens with zero attached hydrogens (tertiary/aromatic N) is 3. The highest BCUT2D eigenvalue weighted by molar-refractivity contribution is 5.89. The molecule has 136 valence electrons. The van der Waals surface area contributed by atoms with Gasteiger partial charge in [-0.2, -0.15) is 0 Å². The summed E-state index contributed by atoms with van der Waals surface area (Å²) in [6.45, 7) is 9.64. The minimum Gasteiger partial charge on any atom is -0.343 e. The normalized spacial score (nSPS) is 21.2. The third-order valence-corrected chi connectivity index (χ3v) is 5.90. The van der Waals surface area contributed by atoms with E-state index in [0.29, 0.717) is 25.9 Å². The Labute approximate surface area is 150 Å². The maximum Gasteiger partial charge on any atom is 0.233 e. The van der Waals surface area contributed by atoms with E-state index in [4.69, 9.17) is 0 Å². The highest BCUT2D eigenvalue weighted by Gasteiger charge is 2.45. The monoisotopic (exact) mass is 343 g/mol. The lowest BCUT2D eigenvalue weighted by molar-refractivity contribution is -0.143. The zero-order chi connectivity index (χ0) is 17.9. The van der Waals surface area contributed by atoms with E-state index >= 15 is 0 Å². The summed E-state index contributed by atoms with van der Waals surface area (Å²) in [6.07, 6.45) is 1.42. The molecule has 3 rings (SSSR count). The van der Waals surface area contributed by atoms with Crippen molar-refractivity contribution in [3.8, 4) is 0 Å². The Morgan fingerprint density at radius 1 is 0.920 bits per heavy atom. The van der Waals surface area contributed by atoms with Gasteiger partial charge in [0.25, 0.3) is 0 Å². The van der Waals surface area contributed by atoms with Crippen molar-refractivity contribution in [1.29, 1.82) is 0 Å². The minimum atomic E-state index is -0.485. The SMILES string of the molecule is CCN1CCN(C(=O)C2(c3ccccc3)CCN(C(C)=O)CC2)CC1. The number of carbonyl (C=O) groups is 2. The number of piperidine rings is 1. The molecule has 0 unspecified atom stereocenters. The first-order valence-corrected chi connectivity index (χ1v) is 9.39. The minimum absolute atomic E-state index is 0.102. The first-order valence-electron chi connectivity index (χ1n) is 9.39. The molecule has 2 amide bonds. The second kappa shape index (κ2) is 7.56. The average Bonchev–Trinajstić information content (AvgIpc) is 2.68. The van der Waals surface area contributed by atoms with E-state index in [9.17, 15) is 9.59 Å². The molecule has 2 aliphatic heterocycles. The molecular weight excluding hydrogens is 314 g/mol. The molecule has 5 nitrogen and oxygen atoms in total. The van der Waals surface area contributed by atoms with Gasteiger partial charge in [-0.05, 0) is 24.9 Å². The van der Waals surface area contributed by atoms with Gasteiger partial charge in [0.2, 0.25) is 11.8 Å². The molecule has 0 radical (unpaired) electrons. The lowest BCUT2D eigenvalue weighted by Gasteiger charge is -2.45. The van der Waals surface area contributed by atoms with Crippen molar-refractivity contribution in [2.75, 3.05) is 45.8 Å². The van der Waals surface area contributed by atoms with Gasteiger partial charge in [-0.25, -0.2) is 0 Å². The number of benzene rings is 1. The summed E-state index contributed by atoms with van der Waals surface area (Å²) in [5.74, 6) is 0.350. The van der Waals surface area contributed by atoms with Crippen LogP contribution in [0.3, 0.4) is 0 Å². The molecular formula is C20H29N3O2. The zero-order valence-electron chi connectivity index (χ0n) is 15.4. The van der Waals surface area contributed by atoms with Gasteiger partial charge in [-0.3, -0.25) is 9.59 Å². The Kier molecular flexibility index (Phi) is 5.42. The van der Waals surface area contributed by atoms with Gasteiger partial charge in [-0.15, -0.1) is 0 Å². The molecule has 0 aromatic heterocycles. The topological polar surface area (TPSA) is 43.9 Å². The van der Waals surface area contributed by atoms with Crippen molar-refractivity contribution in [3.05, 3.63) is 35.9 Å². The Balaban J connectivity index is 1.83. The smallest absolute Gasteiger partial charge is 0.233 e. The Hall–Kier alpha value is -1.88. The molecule has 0 aliphatic carbocycles. The second-order valence-corrected chi connectivity index (χ2v) is 7.18. The fourth-order valence-corrected chi connectivity index (χ4v) is 4.16. The van der Waals surface area contributed by atoms with Crippen molar-refractivity contribution >= 4 is 11.8 Å². The largest absolute Gasteiger partial charge is 0.343 e. The molecule has 1 aromatic rings. The lowest BCUT2D eigenvalue weighted by atomic mass is 9.71. The number of piperazine rings is 1. The van der Waals surface area contributed by atoms with Crippen LogP contribution in [-0.2, 0) is 15.0 Å². The van der Waals surface area contributed by atoms with Crippen LogP contribution in [0, 0.1) is 0 Å². The zero-order valence-corrected chi connectivity index (χ0v) is 15.4. The Morgan fingerprint density at radius 2 is 1.52 bits per heavy atom. The Morgan fingerprint density at radius 3 is 2.04 bits per heavy atom. The Bertz CT molecular complexity index is 601. The number of hydrogen-bond donors (Lipinski definition) is 0. The fraction of sp³-hybridized carbons (Fsp3) is 0.600. The van der Waals surface area contributed by atoms with E-state index in [2.05, 4.69) is 24.0 Å². The first-order chi connectivity index (χ1) is 12.1. The standard InChI is InChI=1S/C20H29N3O2/c1-3-21-13-15-23(16-14-21)19(25)20(18-7-5-4-6-8-18)9-11-22(12-10-20)17(2)24/h4-8H,3,9-16H2,1-2H3. The van der Waals surface area contributed by atoms with Gasteiger partial charge in [-0.1, -0.05) is 37.3 Å². The molecule has 2 fully saturated rings. The molecule has 25 heavy (non-hydrogen) atoms. The van der Waals surface area contributed by atoms with E-state index in [1.807, 2.05) is 28.0 Å². The summed E-state index contributed by atoms with van der Waals surface area (Å²) in [5, 5.41) is 0. The second-order valence-electron chi connectivity index (χ2n) is 7.18. The molecule has 2 saturated heterocycles. The van der Waals surface area contributed by atoms with Crippen LogP contribution in [0.25, 0.3) is 0 Å². The fourth-order valence-electron chi connectivity index (χ4n) is 4.16. The predicted octanol–water partition coefficient (Wildman–Crippen LogP) is 1.73. The van der Waals surface area contributed by atoms with Gasteiger partial charge in [0.15, 0.2) is 0 Å². The third kappa shape index (κ3) is 3.56. The van der Waals surface area contributed by atoms with Crippen LogP contribution in [-0.4, -0.2) is 72.3 Å². The van der Waals surface area contributed by atoms with Crippen LogP contribution in [0.2, 0.25) is 0 Å². The van der Waals surface area contributed by atoms with E-state index in [0.717, 1.165) is 38.3 Å². The van der Waals surface area contributed by atoms with Gasteiger partial charge < -0.3 is 14.7 Å². The number of amides is 2. The summed E-state index contributed by atoms with van der Waals surface area (Å²) in [4.78, 5) is 31.6. The molecule has 5 heteroatoms. The number of likely N-dealkylation sites (tertiary alicyclic amines) is 1. The summed E-state index contributed by atoms with van der Waals surface area (Å²) in [5.41, 5.74) is 0.614. The van der Waals surface area contributed by atoms with Crippen molar-refractivity contribution in [2.24, 2.45) is 0 Å². The molecule has 0 N–H and O–H groups in total. The summed E-state index contributed by atoms with van der Waals surface area (Å²) in [6, 6.07) is 10.2. The summed E-state index contributed by atoms with van der Waals surface area (Å²) in [7, 11) is 0.